The Morgan fingerprint density at radius 2 is 2.05 bits per heavy atom. The van der Waals surface area contributed by atoms with Crippen LogP contribution in [0.25, 0.3) is 0 Å². The fourth-order valence-corrected chi connectivity index (χ4v) is 2.78. The molecule has 1 fully saturated rings. The maximum absolute atomic E-state index is 10.9. The summed E-state index contributed by atoms with van der Waals surface area (Å²) in [5.74, 6) is 0. The Labute approximate surface area is 127 Å². The van der Waals surface area contributed by atoms with E-state index in [1.54, 1.807) is 12.1 Å². The SMILES string of the molecule is O=[N+]([O-])c1cccc(C2NCCN2c2cccc(Cl)c2)c1. The van der Waals surface area contributed by atoms with Crippen LogP contribution in [0.5, 0.6) is 0 Å². The first-order valence-electron chi connectivity index (χ1n) is 6.65. The van der Waals surface area contributed by atoms with E-state index in [-0.39, 0.29) is 16.8 Å². The van der Waals surface area contributed by atoms with Crippen molar-refractivity contribution in [1.82, 2.24) is 5.32 Å². The maximum atomic E-state index is 10.9. The molecule has 6 heteroatoms. The van der Waals surface area contributed by atoms with E-state index >= 15 is 0 Å². The van der Waals surface area contributed by atoms with E-state index < -0.39 is 0 Å². The van der Waals surface area contributed by atoms with Crippen molar-refractivity contribution in [3.63, 3.8) is 0 Å². The number of anilines is 1. The van der Waals surface area contributed by atoms with Crippen LogP contribution in [0.3, 0.4) is 0 Å². The van der Waals surface area contributed by atoms with E-state index in [4.69, 9.17) is 11.6 Å². The Morgan fingerprint density at radius 3 is 2.81 bits per heavy atom. The van der Waals surface area contributed by atoms with Crippen LogP contribution in [0.15, 0.2) is 48.5 Å². The number of nitrogens with zero attached hydrogens (tertiary/aromatic N) is 2. The van der Waals surface area contributed by atoms with E-state index in [1.165, 1.54) is 6.07 Å². The predicted octanol–water partition coefficient (Wildman–Crippen LogP) is 3.36. The number of non-ortho nitro benzene ring substituents is 1. The summed E-state index contributed by atoms with van der Waals surface area (Å²) in [5.41, 5.74) is 1.98. The molecule has 0 aromatic heterocycles. The van der Waals surface area contributed by atoms with Crippen LogP contribution in [0.1, 0.15) is 11.7 Å². The maximum Gasteiger partial charge on any atom is 0.269 e. The van der Waals surface area contributed by atoms with E-state index in [1.807, 2.05) is 30.3 Å². The minimum atomic E-state index is -0.373. The standard InChI is InChI=1S/C15H14ClN3O2/c16-12-4-2-5-13(10-12)18-8-7-17-15(18)11-3-1-6-14(9-11)19(20)21/h1-6,9-10,15,17H,7-8H2. The van der Waals surface area contributed by atoms with Gasteiger partial charge in [0.2, 0.25) is 0 Å². The van der Waals surface area contributed by atoms with Gasteiger partial charge in [-0.2, -0.15) is 0 Å². The average Bonchev–Trinajstić information content (AvgIpc) is 2.97. The third kappa shape index (κ3) is 2.84. The predicted molar refractivity (Wildman–Crippen MR) is 82.6 cm³/mol. The topological polar surface area (TPSA) is 58.4 Å². The number of nitrogens with one attached hydrogen (secondary N) is 1. The van der Waals surface area contributed by atoms with Gasteiger partial charge in [-0.25, -0.2) is 0 Å². The second kappa shape index (κ2) is 5.71. The Bertz CT molecular complexity index is 677. The van der Waals surface area contributed by atoms with E-state index in [9.17, 15) is 10.1 Å². The third-order valence-corrected chi connectivity index (χ3v) is 3.77. The van der Waals surface area contributed by atoms with Crippen LogP contribution >= 0.6 is 11.6 Å². The van der Waals surface area contributed by atoms with Crippen molar-refractivity contribution in [3.8, 4) is 0 Å². The molecule has 1 atom stereocenters. The summed E-state index contributed by atoms with van der Waals surface area (Å²) in [6, 6.07) is 14.3. The van der Waals surface area contributed by atoms with Gasteiger partial charge >= 0.3 is 0 Å². The number of nitro groups is 1. The molecule has 0 saturated carbocycles. The summed E-state index contributed by atoms with van der Waals surface area (Å²) in [5, 5.41) is 15.0. The lowest BCUT2D eigenvalue weighted by atomic mass is 10.1. The number of rotatable bonds is 3. The highest BCUT2D eigenvalue weighted by atomic mass is 35.5. The lowest BCUT2D eigenvalue weighted by Crippen LogP contribution is -2.27. The smallest absolute Gasteiger partial charge is 0.269 e. The summed E-state index contributed by atoms with van der Waals surface area (Å²) in [6.45, 7) is 1.65. The molecule has 2 aromatic carbocycles. The molecule has 108 valence electrons. The molecule has 21 heavy (non-hydrogen) atoms. The van der Waals surface area contributed by atoms with Crippen LogP contribution in [-0.2, 0) is 0 Å². The van der Waals surface area contributed by atoms with Crippen LogP contribution in [0, 0.1) is 10.1 Å². The molecule has 3 rings (SSSR count). The number of benzene rings is 2. The molecule has 0 aliphatic carbocycles. The molecule has 1 heterocycles. The zero-order chi connectivity index (χ0) is 14.8. The molecule has 1 aliphatic heterocycles. The number of nitro benzene ring substituents is 1. The second-order valence-corrected chi connectivity index (χ2v) is 5.32. The van der Waals surface area contributed by atoms with Crippen LogP contribution < -0.4 is 10.2 Å². The molecule has 1 N–H and O–H groups in total. The zero-order valence-electron chi connectivity index (χ0n) is 11.2. The first-order chi connectivity index (χ1) is 10.1. The minimum Gasteiger partial charge on any atom is -0.351 e. The second-order valence-electron chi connectivity index (χ2n) is 4.88. The summed E-state index contributed by atoms with van der Waals surface area (Å²) in [6.07, 6.45) is -0.0802. The number of halogens is 1. The van der Waals surface area contributed by atoms with Gasteiger partial charge in [-0.3, -0.25) is 15.4 Å². The van der Waals surface area contributed by atoms with Gasteiger partial charge in [-0.05, 0) is 23.8 Å². The minimum absolute atomic E-state index is 0.0802. The lowest BCUT2D eigenvalue weighted by molar-refractivity contribution is -0.384. The van der Waals surface area contributed by atoms with Crippen molar-refractivity contribution in [2.75, 3.05) is 18.0 Å². The zero-order valence-corrected chi connectivity index (χ0v) is 12.0. The van der Waals surface area contributed by atoms with Crippen molar-refractivity contribution >= 4 is 23.0 Å². The van der Waals surface area contributed by atoms with Gasteiger partial charge in [0, 0.05) is 35.9 Å². The molecular weight excluding hydrogens is 290 g/mol. The van der Waals surface area contributed by atoms with Crippen molar-refractivity contribution in [1.29, 1.82) is 0 Å². The van der Waals surface area contributed by atoms with E-state index in [0.717, 1.165) is 24.3 Å². The quantitative estimate of drug-likeness (QED) is 0.698. The molecule has 0 radical (unpaired) electrons. The molecule has 1 aliphatic rings. The highest BCUT2D eigenvalue weighted by molar-refractivity contribution is 6.30. The Morgan fingerprint density at radius 1 is 1.24 bits per heavy atom. The number of hydrogen-bond acceptors (Lipinski definition) is 4. The Kier molecular flexibility index (Phi) is 3.77. The monoisotopic (exact) mass is 303 g/mol. The molecule has 5 nitrogen and oxygen atoms in total. The summed E-state index contributed by atoms with van der Waals surface area (Å²) >= 11 is 6.05. The van der Waals surface area contributed by atoms with E-state index in [0.29, 0.717) is 5.02 Å². The molecule has 0 bridgehead atoms. The third-order valence-electron chi connectivity index (χ3n) is 3.54. The summed E-state index contributed by atoms with van der Waals surface area (Å²) in [7, 11) is 0. The van der Waals surface area contributed by atoms with Crippen LogP contribution in [0.4, 0.5) is 11.4 Å². The van der Waals surface area contributed by atoms with Gasteiger partial charge in [-0.15, -0.1) is 0 Å². The molecule has 1 saturated heterocycles. The summed E-state index contributed by atoms with van der Waals surface area (Å²) in [4.78, 5) is 12.7. The first-order valence-corrected chi connectivity index (χ1v) is 7.03. The fourth-order valence-electron chi connectivity index (χ4n) is 2.60. The Hall–Kier alpha value is -2.11. The lowest BCUT2D eigenvalue weighted by Gasteiger charge is -2.26. The van der Waals surface area contributed by atoms with Crippen molar-refractivity contribution in [2.45, 2.75) is 6.17 Å². The van der Waals surface area contributed by atoms with Gasteiger partial charge in [0.15, 0.2) is 0 Å². The van der Waals surface area contributed by atoms with Crippen LogP contribution in [-0.4, -0.2) is 18.0 Å². The van der Waals surface area contributed by atoms with Gasteiger partial charge in [0.1, 0.15) is 6.17 Å². The van der Waals surface area contributed by atoms with Crippen molar-refractivity contribution < 1.29 is 4.92 Å². The van der Waals surface area contributed by atoms with Gasteiger partial charge in [0.25, 0.3) is 5.69 Å². The van der Waals surface area contributed by atoms with Gasteiger partial charge in [-0.1, -0.05) is 29.8 Å². The molecule has 0 spiro atoms. The van der Waals surface area contributed by atoms with Gasteiger partial charge < -0.3 is 4.90 Å². The largest absolute Gasteiger partial charge is 0.351 e. The Balaban J connectivity index is 1.94. The van der Waals surface area contributed by atoms with Crippen LogP contribution in [0.2, 0.25) is 5.02 Å². The highest BCUT2D eigenvalue weighted by Gasteiger charge is 2.26. The average molecular weight is 304 g/mol. The molecule has 2 aromatic rings. The normalized spacial score (nSPS) is 18.0. The fraction of sp³-hybridized carbons (Fsp3) is 0.200. The molecule has 1 unspecified atom stereocenters. The van der Waals surface area contributed by atoms with Crippen molar-refractivity contribution in [2.24, 2.45) is 0 Å². The molecular formula is C15H14ClN3O2. The first kappa shape index (κ1) is 13.9. The molecule has 0 amide bonds. The van der Waals surface area contributed by atoms with Gasteiger partial charge in [0.05, 0.1) is 4.92 Å². The van der Waals surface area contributed by atoms with Crippen molar-refractivity contribution in [3.05, 3.63) is 69.2 Å². The van der Waals surface area contributed by atoms with E-state index in [2.05, 4.69) is 10.2 Å². The highest BCUT2D eigenvalue weighted by Crippen LogP contribution is 2.31. The number of hydrogen-bond donors (Lipinski definition) is 1. The summed E-state index contributed by atoms with van der Waals surface area (Å²) < 4.78 is 0.